The lowest BCUT2D eigenvalue weighted by atomic mass is 9.90. The van der Waals surface area contributed by atoms with Gasteiger partial charge in [-0.25, -0.2) is 4.79 Å². The van der Waals surface area contributed by atoms with E-state index in [1.54, 1.807) is 20.8 Å². The molecule has 0 amide bonds. The fraction of sp³-hybridized carbons (Fsp3) is 0.867. The van der Waals surface area contributed by atoms with Crippen LogP contribution in [0.4, 0.5) is 8.78 Å². The predicted molar refractivity (Wildman–Crippen MR) is 75.1 cm³/mol. The molecule has 0 heterocycles. The smallest absolute Gasteiger partial charge is 0.381 e. The molecule has 0 fully saturated rings. The summed E-state index contributed by atoms with van der Waals surface area (Å²) in [6.07, 6.45) is -0.266. The minimum absolute atomic E-state index is 0.0598. The molecule has 0 aliphatic rings. The number of esters is 2. The molecule has 0 bridgehead atoms. The average molecular weight is 308 g/mol. The van der Waals surface area contributed by atoms with Crippen LogP contribution >= 0.6 is 0 Å². The standard InChI is InChI=1S/C15H26F2O4/c1-6-9-10-20-13(19)15(16,17)11(7-2)21-12(18)14(4,5)8-3/h11H,6-10H2,1-5H3. The molecule has 1 atom stereocenters. The fourth-order valence-corrected chi connectivity index (χ4v) is 1.38. The number of unbranched alkanes of at least 4 members (excludes halogenated alkanes) is 1. The van der Waals surface area contributed by atoms with Crippen LogP contribution in [0.25, 0.3) is 0 Å². The van der Waals surface area contributed by atoms with Crippen molar-refractivity contribution < 1.29 is 27.8 Å². The Morgan fingerprint density at radius 2 is 1.67 bits per heavy atom. The van der Waals surface area contributed by atoms with Crippen molar-refractivity contribution in [2.45, 2.75) is 72.3 Å². The maximum absolute atomic E-state index is 14.0. The van der Waals surface area contributed by atoms with Crippen molar-refractivity contribution in [3.05, 3.63) is 0 Å². The summed E-state index contributed by atoms with van der Waals surface area (Å²) in [4.78, 5) is 23.4. The quantitative estimate of drug-likeness (QED) is 0.481. The Bertz CT molecular complexity index is 354. The van der Waals surface area contributed by atoms with E-state index in [0.29, 0.717) is 12.8 Å². The molecule has 4 nitrogen and oxygen atoms in total. The normalized spacial score (nSPS) is 13.7. The van der Waals surface area contributed by atoms with Gasteiger partial charge >= 0.3 is 17.9 Å². The monoisotopic (exact) mass is 308 g/mol. The number of alkyl halides is 2. The molecule has 21 heavy (non-hydrogen) atoms. The van der Waals surface area contributed by atoms with Crippen LogP contribution in [0.5, 0.6) is 0 Å². The van der Waals surface area contributed by atoms with Crippen LogP contribution in [-0.2, 0) is 19.1 Å². The van der Waals surface area contributed by atoms with Gasteiger partial charge in [0.15, 0.2) is 6.10 Å². The number of hydrogen-bond acceptors (Lipinski definition) is 4. The van der Waals surface area contributed by atoms with Crippen LogP contribution in [0.2, 0.25) is 0 Å². The number of ether oxygens (including phenoxy) is 2. The van der Waals surface area contributed by atoms with Crippen LogP contribution in [-0.4, -0.2) is 30.6 Å². The van der Waals surface area contributed by atoms with Gasteiger partial charge in [0.25, 0.3) is 0 Å². The lowest BCUT2D eigenvalue weighted by Gasteiger charge is -2.28. The van der Waals surface area contributed by atoms with Crippen molar-refractivity contribution in [3.63, 3.8) is 0 Å². The van der Waals surface area contributed by atoms with Gasteiger partial charge in [0.05, 0.1) is 12.0 Å². The largest absolute Gasteiger partial charge is 0.461 e. The first-order valence-corrected chi connectivity index (χ1v) is 7.39. The highest BCUT2D eigenvalue weighted by Gasteiger charge is 2.51. The van der Waals surface area contributed by atoms with Gasteiger partial charge in [-0.3, -0.25) is 4.79 Å². The molecule has 0 rings (SSSR count). The molecule has 0 radical (unpaired) electrons. The molecular formula is C15H26F2O4. The van der Waals surface area contributed by atoms with Crippen LogP contribution in [0, 0.1) is 5.41 Å². The second kappa shape index (κ2) is 8.29. The summed E-state index contributed by atoms with van der Waals surface area (Å²) in [5.74, 6) is -6.20. The number of rotatable bonds is 9. The summed E-state index contributed by atoms with van der Waals surface area (Å²) in [5.41, 5.74) is -0.865. The molecule has 0 N–H and O–H groups in total. The summed E-state index contributed by atoms with van der Waals surface area (Å²) in [6.45, 7) is 8.22. The fourth-order valence-electron chi connectivity index (χ4n) is 1.38. The molecule has 0 aromatic rings. The Morgan fingerprint density at radius 1 is 1.10 bits per heavy atom. The molecule has 0 saturated heterocycles. The minimum Gasteiger partial charge on any atom is -0.461 e. The van der Waals surface area contributed by atoms with Crippen molar-refractivity contribution >= 4 is 11.9 Å². The van der Waals surface area contributed by atoms with Crippen molar-refractivity contribution in [1.29, 1.82) is 0 Å². The van der Waals surface area contributed by atoms with E-state index in [9.17, 15) is 18.4 Å². The Morgan fingerprint density at radius 3 is 2.10 bits per heavy atom. The lowest BCUT2D eigenvalue weighted by Crippen LogP contribution is -2.46. The number of carbonyl (C=O) groups is 2. The van der Waals surface area contributed by atoms with Gasteiger partial charge < -0.3 is 9.47 Å². The maximum Gasteiger partial charge on any atom is 0.381 e. The zero-order chi connectivity index (χ0) is 16.7. The first kappa shape index (κ1) is 19.8. The van der Waals surface area contributed by atoms with E-state index < -0.39 is 29.4 Å². The Kier molecular flexibility index (Phi) is 7.82. The van der Waals surface area contributed by atoms with Gasteiger partial charge in [0.1, 0.15) is 0 Å². The molecule has 124 valence electrons. The van der Waals surface area contributed by atoms with Crippen LogP contribution < -0.4 is 0 Å². The van der Waals surface area contributed by atoms with E-state index in [1.807, 2.05) is 6.92 Å². The van der Waals surface area contributed by atoms with Gasteiger partial charge in [-0.1, -0.05) is 27.2 Å². The third kappa shape index (κ3) is 5.59. The SMILES string of the molecule is CCCCOC(=O)C(F)(F)C(CC)OC(=O)C(C)(C)CC. The topological polar surface area (TPSA) is 52.6 Å². The summed E-state index contributed by atoms with van der Waals surface area (Å²) in [6, 6.07) is 0. The first-order chi connectivity index (χ1) is 9.63. The summed E-state index contributed by atoms with van der Waals surface area (Å²) >= 11 is 0. The van der Waals surface area contributed by atoms with Gasteiger partial charge in [-0.05, 0) is 33.1 Å². The Hall–Kier alpha value is -1.20. The van der Waals surface area contributed by atoms with Crippen molar-refractivity contribution in [2.24, 2.45) is 5.41 Å². The maximum atomic E-state index is 14.0. The van der Waals surface area contributed by atoms with E-state index in [1.165, 1.54) is 6.92 Å². The summed E-state index contributed by atoms with van der Waals surface area (Å²) in [7, 11) is 0. The molecular weight excluding hydrogens is 282 g/mol. The number of carbonyl (C=O) groups excluding carboxylic acids is 2. The number of halogens is 2. The average Bonchev–Trinajstić information content (AvgIpc) is 2.43. The van der Waals surface area contributed by atoms with Crippen molar-refractivity contribution in [1.82, 2.24) is 0 Å². The van der Waals surface area contributed by atoms with Crippen LogP contribution in [0.3, 0.4) is 0 Å². The molecule has 0 aromatic heterocycles. The summed E-state index contributed by atoms with van der Waals surface area (Å²) < 4.78 is 37.4. The predicted octanol–water partition coefficient (Wildman–Crippen LogP) is 3.72. The Labute approximate surface area is 125 Å². The van der Waals surface area contributed by atoms with E-state index in [0.717, 1.165) is 6.42 Å². The highest BCUT2D eigenvalue weighted by molar-refractivity contribution is 5.80. The molecule has 6 heteroatoms. The van der Waals surface area contributed by atoms with Crippen molar-refractivity contribution in [2.75, 3.05) is 6.61 Å². The third-order valence-corrected chi connectivity index (χ3v) is 3.46. The molecule has 0 aromatic carbocycles. The van der Waals surface area contributed by atoms with Gasteiger partial charge in [0, 0.05) is 0 Å². The van der Waals surface area contributed by atoms with E-state index in [-0.39, 0.29) is 13.0 Å². The van der Waals surface area contributed by atoms with Crippen molar-refractivity contribution in [3.8, 4) is 0 Å². The molecule has 0 aliphatic heterocycles. The minimum atomic E-state index is -3.83. The van der Waals surface area contributed by atoms with E-state index in [2.05, 4.69) is 4.74 Å². The van der Waals surface area contributed by atoms with Crippen LogP contribution in [0.1, 0.15) is 60.3 Å². The molecule has 0 spiro atoms. The number of hydrogen-bond donors (Lipinski definition) is 0. The van der Waals surface area contributed by atoms with Crippen LogP contribution in [0.15, 0.2) is 0 Å². The van der Waals surface area contributed by atoms with E-state index >= 15 is 0 Å². The van der Waals surface area contributed by atoms with Gasteiger partial charge in [0.2, 0.25) is 0 Å². The third-order valence-electron chi connectivity index (χ3n) is 3.46. The van der Waals surface area contributed by atoms with Gasteiger partial charge in [-0.15, -0.1) is 0 Å². The zero-order valence-electron chi connectivity index (χ0n) is 13.5. The Balaban J connectivity index is 4.83. The van der Waals surface area contributed by atoms with Gasteiger partial charge in [-0.2, -0.15) is 8.78 Å². The second-order valence-electron chi connectivity index (χ2n) is 5.65. The highest BCUT2D eigenvalue weighted by Crippen LogP contribution is 2.30. The molecule has 1 unspecified atom stereocenters. The zero-order valence-corrected chi connectivity index (χ0v) is 13.5. The second-order valence-corrected chi connectivity index (χ2v) is 5.65. The first-order valence-electron chi connectivity index (χ1n) is 7.39. The highest BCUT2D eigenvalue weighted by atomic mass is 19.3. The summed E-state index contributed by atoms with van der Waals surface area (Å²) in [5, 5.41) is 0. The molecule has 0 aliphatic carbocycles. The molecule has 0 saturated carbocycles. The lowest BCUT2D eigenvalue weighted by molar-refractivity contribution is -0.202. The van der Waals surface area contributed by atoms with E-state index in [4.69, 9.17) is 4.74 Å².